The van der Waals surface area contributed by atoms with Crippen molar-refractivity contribution in [2.45, 2.75) is 17.5 Å². The third kappa shape index (κ3) is 4.58. The van der Waals surface area contributed by atoms with Crippen LogP contribution in [0.1, 0.15) is 22.7 Å². The number of hydrogen-bond donors (Lipinski definition) is 1. The minimum Gasteiger partial charge on any atom is -0.507 e. The van der Waals surface area contributed by atoms with Gasteiger partial charge in [-0.1, -0.05) is 18.2 Å². The molecule has 180 valence electrons. The van der Waals surface area contributed by atoms with Crippen LogP contribution in [-0.2, 0) is 26.2 Å². The van der Waals surface area contributed by atoms with Gasteiger partial charge in [-0.2, -0.15) is 0 Å². The number of carbonyl (C=O) groups excluding carboxylic acids is 2. The highest BCUT2D eigenvalue weighted by Crippen LogP contribution is 2.40. The van der Waals surface area contributed by atoms with Gasteiger partial charge >= 0.3 is 0 Å². The van der Waals surface area contributed by atoms with Gasteiger partial charge in [-0.05, 0) is 53.6 Å². The van der Waals surface area contributed by atoms with Gasteiger partial charge in [0.15, 0.2) is 0 Å². The zero-order valence-corrected chi connectivity index (χ0v) is 19.7. The number of ketones is 1. The van der Waals surface area contributed by atoms with Crippen LogP contribution in [0.25, 0.3) is 5.76 Å². The second kappa shape index (κ2) is 9.40. The average molecular weight is 496 g/mol. The van der Waals surface area contributed by atoms with Crippen LogP contribution in [0.4, 0.5) is 4.39 Å². The van der Waals surface area contributed by atoms with Crippen molar-refractivity contribution in [2.75, 3.05) is 14.1 Å². The molecule has 4 rings (SSSR count). The van der Waals surface area contributed by atoms with Crippen LogP contribution in [0.15, 0.2) is 83.5 Å². The van der Waals surface area contributed by atoms with E-state index in [2.05, 4.69) is 4.98 Å². The number of aliphatic hydroxyl groups is 1. The summed E-state index contributed by atoms with van der Waals surface area (Å²) < 4.78 is 39.4. The normalized spacial score (nSPS) is 17.8. The maximum absolute atomic E-state index is 13.6. The Balaban J connectivity index is 1.82. The van der Waals surface area contributed by atoms with Crippen molar-refractivity contribution in [3.05, 3.63) is 101 Å². The van der Waals surface area contributed by atoms with Gasteiger partial charge in [-0.25, -0.2) is 17.1 Å². The summed E-state index contributed by atoms with van der Waals surface area (Å²) in [7, 11) is -0.897. The van der Waals surface area contributed by atoms with Crippen LogP contribution < -0.4 is 0 Å². The lowest BCUT2D eigenvalue weighted by Crippen LogP contribution is -2.29. The van der Waals surface area contributed by atoms with Crippen molar-refractivity contribution in [3.63, 3.8) is 0 Å². The second-order valence-electron chi connectivity index (χ2n) is 8.15. The molecule has 0 bridgehead atoms. The number of amides is 1. The van der Waals surface area contributed by atoms with Gasteiger partial charge in [0.05, 0.1) is 16.5 Å². The predicted octanol–water partition coefficient (Wildman–Crippen LogP) is 3.09. The Bertz CT molecular complexity index is 1400. The maximum Gasteiger partial charge on any atom is 0.295 e. The van der Waals surface area contributed by atoms with E-state index >= 15 is 0 Å². The highest BCUT2D eigenvalue weighted by molar-refractivity contribution is 7.89. The molecule has 1 aromatic heterocycles. The highest BCUT2D eigenvalue weighted by Gasteiger charge is 2.46. The summed E-state index contributed by atoms with van der Waals surface area (Å²) in [5.74, 6) is -2.67. The quantitative estimate of drug-likeness (QED) is 0.320. The molecule has 0 radical (unpaired) electrons. The average Bonchev–Trinajstić information content (AvgIpc) is 3.09. The standard InChI is InChI=1S/C25H22FN3O5S/c1-28(2)35(33,34)20-11-7-18(8-12-20)23(30)21-22(17-5-9-19(26)10-6-17)29(25(32)24(21)31)15-16-4-3-13-27-14-16/h3-14,22,30H,15H2,1-2H3/t22-/m1/s1. The zero-order valence-electron chi connectivity index (χ0n) is 18.9. The molecule has 1 saturated heterocycles. The van der Waals surface area contributed by atoms with Crippen molar-refractivity contribution in [3.8, 4) is 0 Å². The van der Waals surface area contributed by atoms with Gasteiger partial charge in [-0.15, -0.1) is 0 Å². The van der Waals surface area contributed by atoms with E-state index < -0.39 is 39.3 Å². The fourth-order valence-electron chi connectivity index (χ4n) is 3.87. The Hall–Kier alpha value is -3.89. The summed E-state index contributed by atoms with van der Waals surface area (Å²) in [6.07, 6.45) is 3.14. The van der Waals surface area contributed by atoms with Gasteiger partial charge in [0.25, 0.3) is 11.7 Å². The van der Waals surface area contributed by atoms with E-state index in [0.29, 0.717) is 11.1 Å². The van der Waals surface area contributed by atoms with E-state index in [0.717, 1.165) is 4.31 Å². The lowest BCUT2D eigenvalue weighted by molar-refractivity contribution is -0.140. The number of hydrogen-bond acceptors (Lipinski definition) is 6. The number of halogens is 1. The molecule has 0 aliphatic carbocycles. The number of aliphatic hydroxyl groups excluding tert-OH is 1. The zero-order chi connectivity index (χ0) is 25.3. The summed E-state index contributed by atoms with van der Waals surface area (Å²) in [6, 6.07) is 13.1. The number of Topliss-reactive ketones (excluding diaryl/α,β-unsaturated/α-hetero) is 1. The largest absolute Gasteiger partial charge is 0.507 e. The highest BCUT2D eigenvalue weighted by atomic mass is 32.2. The first-order valence-electron chi connectivity index (χ1n) is 10.6. The van der Waals surface area contributed by atoms with Crippen LogP contribution >= 0.6 is 0 Å². The molecule has 1 aliphatic rings. The number of aromatic nitrogens is 1. The van der Waals surface area contributed by atoms with Crippen molar-refractivity contribution in [1.82, 2.24) is 14.2 Å². The minimum atomic E-state index is -3.69. The van der Waals surface area contributed by atoms with Crippen molar-refractivity contribution >= 4 is 27.5 Å². The van der Waals surface area contributed by atoms with E-state index in [-0.39, 0.29) is 22.6 Å². The van der Waals surface area contributed by atoms with Crippen LogP contribution in [-0.4, -0.2) is 53.5 Å². The Kier molecular flexibility index (Phi) is 6.51. The lowest BCUT2D eigenvalue weighted by Gasteiger charge is -2.25. The van der Waals surface area contributed by atoms with E-state index in [9.17, 15) is 27.5 Å². The maximum atomic E-state index is 13.6. The number of sulfonamides is 1. The molecule has 1 aliphatic heterocycles. The molecular weight excluding hydrogens is 473 g/mol. The molecular formula is C25H22FN3O5S. The first kappa shape index (κ1) is 24.2. The number of carbonyl (C=O) groups is 2. The smallest absolute Gasteiger partial charge is 0.295 e. The first-order chi connectivity index (χ1) is 16.6. The van der Waals surface area contributed by atoms with E-state index in [1.165, 1.54) is 67.5 Å². The molecule has 3 aromatic rings. The minimum absolute atomic E-state index is 0.00571. The molecule has 0 spiro atoms. The number of rotatable bonds is 6. The van der Waals surface area contributed by atoms with Crippen molar-refractivity contribution in [2.24, 2.45) is 0 Å². The Labute approximate surface area is 202 Å². The summed E-state index contributed by atoms with van der Waals surface area (Å²) in [4.78, 5) is 31.4. The fourth-order valence-corrected chi connectivity index (χ4v) is 4.78. The van der Waals surface area contributed by atoms with E-state index in [1.807, 2.05) is 0 Å². The van der Waals surface area contributed by atoms with Gasteiger partial charge in [-0.3, -0.25) is 14.6 Å². The summed E-state index contributed by atoms with van der Waals surface area (Å²) in [6.45, 7) is 0.0389. The molecule has 0 unspecified atom stereocenters. The Morgan fingerprint density at radius 2 is 1.71 bits per heavy atom. The van der Waals surface area contributed by atoms with Crippen LogP contribution in [0.3, 0.4) is 0 Å². The number of likely N-dealkylation sites (tertiary alicyclic amines) is 1. The second-order valence-corrected chi connectivity index (χ2v) is 10.3. The number of pyridine rings is 1. The van der Waals surface area contributed by atoms with Gasteiger partial charge < -0.3 is 10.0 Å². The van der Waals surface area contributed by atoms with Gasteiger partial charge in [0.2, 0.25) is 10.0 Å². The van der Waals surface area contributed by atoms with Gasteiger partial charge in [0.1, 0.15) is 11.6 Å². The topological polar surface area (TPSA) is 108 Å². The first-order valence-corrected chi connectivity index (χ1v) is 12.0. The Morgan fingerprint density at radius 1 is 1.06 bits per heavy atom. The fraction of sp³-hybridized carbons (Fsp3) is 0.160. The molecule has 8 nitrogen and oxygen atoms in total. The van der Waals surface area contributed by atoms with E-state index in [4.69, 9.17) is 0 Å². The van der Waals surface area contributed by atoms with Crippen molar-refractivity contribution < 1.29 is 27.5 Å². The number of benzene rings is 2. The third-order valence-corrected chi connectivity index (χ3v) is 7.54. The lowest BCUT2D eigenvalue weighted by atomic mass is 9.95. The van der Waals surface area contributed by atoms with Crippen LogP contribution in [0, 0.1) is 5.82 Å². The molecule has 2 aromatic carbocycles. The Morgan fingerprint density at radius 3 is 2.29 bits per heavy atom. The SMILES string of the molecule is CN(C)S(=O)(=O)c1ccc(C(O)=C2C(=O)C(=O)N(Cc3cccnc3)[C@@H]2c2ccc(F)cc2)cc1. The van der Waals surface area contributed by atoms with Crippen LogP contribution in [0.5, 0.6) is 0 Å². The molecule has 35 heavy (non-hydrogen) atoms. The summed E-state index contributed by atoms with van der Waals surface area (Å²) in [5.41, 5.74) is 1.09. The van der Waals surface area contributed by atoms with E-state index in [1.54, 1.807) is 24.5 Å². The molecule has 1 amide bonds. The third-order valence-electron chi connectivity index (χ3n) is 5.71. The van der Waals surface area contributed by atoms with Gasteiger partial charge in [0, 0.05) is 38.6 Å². The molecule has 0 saturated carbocycles. The van der Waals surface area contributed by atoms with Crippen LogP contribution in [0.2, 0.25) is 0 Å². The summed E-state index contributed by atoms with van der Waals surface area (Å²) >= 11 is 0. The molecule has 10 heteroatoms. The van der Waals surface area contributed by atoms with Crippen molar-refractivity contribution in [1.29, 1.82) is 0 Å². The monoisotopic (exact) mass is 495 g/mol. The molecule has 1 fully saturated rings. The molecule has 2 heterocycles. The number of nitrogens with zero attached hydrogens (tertiary/aromatic N) is 3. The molecule has 1 atom stereocenters. The predicted molar refractivity (Wildman–Crippen MR) is 126 cm³/mol. The molecule has 1 N–H and O–H groups in total. The summed E-state index contributed by atoms with van der Waals surface area (Å²) in [5, 5.41) is 11.1.